The number of anilines is 1. The van der Waals surface area contributed by atoms with E-state index in [2.05, 4.69) is 30.5 Å². The van der Waals surface area contributed by atoms with E-state index in [0.717, 1.165) is 12.2 Å². The number of aryl methyl sites for hydroxylation is 1. The molecule has 0 bridgehead atoms. The van der Waals surface area contributed by atoms with Crippen LogP contribution in [0.2, 0.25) is 0 Å². The van der Waals surface area contributed by atoms with Crippen molar-refractivity contribution in [1.29, 1.82) is 0 Å². The van der Waals surface area contributed by atoms with E-state index < -0.39 is 5.97 Å². The molecular weight excluding hydrogens is 218 g/mol. The lowest BCUT2D eigenvalue weighted by atomic mass is 10.1. The molecular formula is C12H21N3O2. The zero-order valence-electron chi connectivity index (χ0n) is 11.2. The van der Waals surface area contributed by atoms with Gasteiger partial charge in [-0.25, -0.2) is 9.78 Å². The number of esters is 1. The molecule has 1 rings (SSSR count). The molecule has 0 fully saturated rings. The Kier molecular flexibility index (Phi) is 4.15. The number of imidazole rings is 1. The number of nitrogens with zero attached hydrogens (tertiary/aromatic N) is 2. The summed E-state index contributed by atoms with van der Waals surface area (Å²) in [5.74, 6) is 1.16. The average molecular weight is 239 g/mol. The van der Waals surface area contributed by atoms with Gasteiger partial charge in [-0.1, -0.05) is 20.8 Å². The standard InChI is InChI=1S/C12H21N3O2/c1-6-9-14-10(12(16)17-5)11(13)15(9)8(4)7(2)3/h7-8H,6,13H2,1-5H3. The van der Waals surface area contributed by atoms with Crippen LogP contribution < -0.4 is 5.73 Å². The Hall–Kier alpha value is -1.52. The minimum atomic E-state index is -0.480. The Balaban J connectivity index is 3.29. The highest BCUT2D eigenvalue weighted by atomic mass is 16.5. The molecule has 0 saturated carbocycles. The minimum absolute atomic E-state index is 0.204. The number of nitrogens with two attached hydrogens (primary N) is 1. The third-order valence-electron chi connectivity index (χ3n) is 3.09. The lowest BCUT2D eigenvalue weighted by Crippen LogP contribution is -2.17. The summed E-state index contributed by atoms with van der Waals surface area (Å²) in [6.45, 7) is 8.29. The Morgan fingerprint density at radius 1 is 1.47 bits per heavy atom. The van der Waals surface area contributed by atoms with Gasteiger partial charge in [-0.15, -0.1) is 0 Å². The van der Waals surface area contributed by atoms with E-state index in [1.165, 1.54) is 7.11 Å². The molecule has 1 heterocycles. The van der Waals surface area contributed by atoms with E-state index in [9.17, 15) is 4.79 Å². The number of aromatic nitrogens is 2. The van der Waals surface area contributed by atoms with Gasteiger partial charge in [0.05, 0.1) is 7.11 Å². The van der Waals surface area contributed by atoms with E-state index in [1.54, 1.807) is 0 Å². The molecule has 17 heavy (non-hydrogen) atoms. The van der Waals surface area contributed by atoms with E-state index in [0.29, 0.717) is 11.7 Å². The molecule has 5 nitrogen and oxygen atoms in total. The Bertz CT molecular complexity index is 410. The van der Waals surface area contributed by atoms with Crippen LogP contribution in [0.15, 0.2) is 0 Å². The van der Waals surface area contributed by atoms with Gasteiger partial charge in [-0.05, 0) is 12.8 Å². The molecule has 0 spiro atoms. The molecule has 1 atom stereocenters. The van der Waals surface area contributed by atoms with Crippen molar-refractivity contribution in [3.05, 3.63) is 11.5 Å². The van der Waals surface area contributed by atoms with E-state index in [1.807, 2.05) is 11.5 Å². The number of hydrogen-bond donors (Lipinski definition) is 1. The lowest BCUT2D eigenvalue weighted by Gasteiger charge is -2.21. The first-order valence-electron chi connectivity index (χ1n) is 5.88. The Morgan fingerprint density at radius 2 is 2.06 bits per heavy atom. The van der Waals surface area contributed by atoms with Crippen molar-refractivity contribution in [1.82, 2.24) is 9.55 Å². The van der Waals surface area contributed by atoms with Crippen molar-refractivity contribution >= 4 is 11.8 Å². The predicted molar refractivity (Wildman–Crippen MR) is 66.9 cm³/mol. The second kappa shape index (κ2) is 5.21. The monoisotopic (exact) mass is 239 g/mol. The Labute approximate surface area is 102 Å². The third-order valence-corrected chi connectivity index (χ3v) is 3.09. The summed E-state index contributed by atoms with van der Waals surface area (Å²) in [5.41, 5.74) is 6.21. The van der Waals surface area contributed by atoms with Crippen LogP contribution in [0.5, 0.6) is 0 Å². The van der Waals surface area contributed by atoms with Crippen LogP contribution in [0.3, 0.4) is 0 Å². The maximum absolute atomic E-state index is 11.5. The summed E-state index contributed by atoms with van der Waals surface area (Å²) >= 11 is 0. The van der Waals surface area contributed by atoms with Crippen LogP contribution in [0, 0.1) is 5.92 Å². The second-order valence-electron chi connectivity index (χ2n) is 4.46. The number of methoxy groups -OCH3 is 1. The van der Waals surface area contributed by atoms with Gasteiger partial charge in [0.15, 0.2) is 5.69 Å². The molecule has 0 radical (unpaired) electrons. The molecule has 0 aliphatic carbocycles. The van der Waals surface area contributed by atoms with Crippen molar-refractivity contribution in [2.24, 2.45) is 5.92 Å². The molecule has 0 aromatic carbocycles. The fraction of sp³-hybridized carbons (Fsp3) is 0.667. The van der Waals surface area contributed by atoms with E-state index in [4.69, 9.17) is 5.73 Å². The number of hydrogen-bond acceptors (Lipinski definition) is 4. The predicted octanol–water partition coefficient (Wildman–Crippen LogP) is 2.03. The highest BCUT2D eigenvalue weighted by Gasteiger charge is 2.24. The fourth-order valence-corrected chi connectivity index (χ4v) is 1.74. The second-order valence-corrected chi connectivity index (χ2v) is 4.46. The summed E-state index contributed by atoms with van der Waals surface area (Å²) in [6, 6.07) is 0.204. The van der Waals surface area contributed by atoms with Gasteiger partial charge in [0.1, 0.15) is 11.6 Å². The zero-order valence-corrected chi connectivity index (χ0v) is 11.2. The summed E-state index contributed by atoms with van der Waals surface area (Å²) < 4.78 is 6.60. The smallest absolute Gasteiger partial charge is 0.360 e. The maximum atomic E-state index is 11.5. The molecule has 96 valence electrons. The summed E-state index contributed by atoms with van der Waals surface area (Å²) in [4.78, 5) is 15.8. The SMILES string of the molecule is CCc1nc(C(=O)OC)c(N)n1C(C)C(C)C. The number of carbonyl (C=O) groups excluding carboxylic acids is 1. The first-order chi connectivity index (χ1) is 7.93. The van der Waals surface area contributed by atoms with E-state index >= 15 is 0 Å². The number of ether oxygens (including phenoxy) is 1. The van der Waals surface area contributed by atoms with Crippen LogP contribution in [0.4, 0.5) is 5.82 Å². The highest BCUT2D eigenvalue weighted by molar-refractivity contribution is 5.92. The highest BCUT2D eigenvalue weighted by Crippen LogP contribution is 2.26. The van der Waals surface area contributed by atoms with Crippen molar-refractivity contribution in [3.8, 4) is 0 Å². The molecule has 0 aliphatic heterocycles. The largest absolute Gasteiger partial charge is 0.464 e. The van der Waals surface area contributed by atoms with Gasteiger partial charge >= 0.3 is 5.97 Å². The van der Waals surface area contributed by atoms with Crippen LogP contribution in [0.1, 0.15) is 50.0 Å². The zero-order chi connectivity index (χ0) is 13.2. The van der Waals surface area contributed by atoms with Crippen LogP contribution in [-0.2, 0) is 11.2 Å². The van der Waals surface area contributed by atoms with Gasteiger partial charge in [0.25, 0.3) is 0 Å². The number of carbonyl (C=O) groups is 1. The quantitative estimate of drug-likeness (QED) is 0.816. The minimum Gasteiger partial charge on any atom is -0.464 e. The number of rotatable bonds is 4. The summed E-state index contributed by atoms with van der Waals surface area (Å²) in [6.07, 6.45) is 0.734. The van der Waals surface area contributed by atoms with Crippen molar-refractivity contribution in [2.75, 3.05) is 12.8 Å². The van der Waals surface area contributed by atoms with Crippen molar-refractivity contribution < 1.29 is 9.53 Å². The normalized spacial score (nSPS) is 12.8. The van der Waals surface area contributed by atoms with Gasteiger partial charge in [-0.2, -0.15) is 0 Å². The molecule has 0 amide bonds. The third kappa shape index (κ3) is 2.43. The molecule has 5 heteroatoms. The van der Waals surface area contributed by atoms with Crippen LogP contribution in [-0.4, -0.2) is 22.6 Å². The molecule has 1 unspecified atom stereocenters. The molecule has 0 saturated heterocycles. The summed E-state index contributed by atoms with van der Waals surface area (Å²) in [7, 11) is 1.33. The van der Waals surface area contributed by atoms with Gasteiger partial charge in [-0.3, -0.25) is 0 Å². The lowest BCUT2D eigenvalue weighted by molar-refractivity contribution is 0.0595. The maximum Gasteiger partial charge on any atom is 0.360 e. The fourth-order valence-electron chi connectivity index (χ4n) is 1.74. The first-order valence-corrected chi connectivity index (χ1v) is 5.88. The van der Waals surface area contributed by atoms with Crippen LogP contribution in [0.25, 0.3) is 0 Å². The molecule has 0 aliphatic rings. The van der Waals surface area contributed by atoms with E-state index in [-0.39, 0.29) is 11.7 Å². The first kappa shape index (κ1) is 13.5. The topological polar surface area (TPSA) is 70.1 Å². The van der Waals surface area contributed by atoms with Gasteiger partial charge in [0.2, 0.25) is 0 Å². The molecule has 2 N–H and O–H groups in total. The average Bonchev–Trinajstić information content (AvgIpc) is 2.64. The Morgan fingerprint density at radius 3 is 2.47 bits per heavy atom. The summed E-state index contributed by atoms with van der Waals surface area (Å²) in [5, 5.41) is 0. The van der Waals surface area contributed by atoms with Crippen molar-refractivity contribution in [2.45, 2.75) is 40.2 Å². The molecule has 1 aromatic rings. The van der Waals surface area contributed by atoms with Gasteiger partial charge in [0, 0.05) is 12.5 Å². The van der Waals surface area contributed by atoms with Gasteiger partial charge < -0.3 is 15.0 Å². The molecule has 1 aromatic heterocycles. The van der Waals surface area contributed by atoms with Crippen molar-refractivity contribution in [3.63, 3.8) is 0 Å². The van der Waals surface area contributed by atoms with Crippen LogP contribution >= 0.6 is 0 Å². The number of nitrogen functional groups attached to an aromatic ring is 1.